The molecule has 0 saturated carbocycles. The van der Waals surface area contributed by atoms with Crippen LogP contribution in [0.3, 0.4) is 0 Å². The van der Waals surface area contributed by atoms with Gasteiger partial charge in [0.15, 0.2) is 0 Å². The molecule has 0 unspecified atom stereocenters. The lowest BCUT2D eigenvalue weighted by Gasteiger charge is -2.07. The summed E-state index contributed by atoms with van der Waals surface area (Å²) in [5, 5.41) is 21.7. The van der Waals surface area contributed by atoms with Crippen LogP contribution >= 0.6 is 23.1 Å². The highest BCUT2D eigenvalue weighted by Gasteiger charge is 2.11. The molecule has 2 aromatic heterocycles. The third kappa shape index (κ3) is 5.12. The molecule has 136 valence electrons. The summed E-state index contributed by atoms with van der Waals surface area (Å²) >= 11 is 2.74. The van der Waals surface area contributed by atoms with Gasteiger partial charge in [0.2, 0.25) is 11.0 Å². The quantitative estimate of drug-likeness (QED) is 0.629. The van der Waals surface area contributed by atoms with Crippen molar-refractivity contribution in [3.05, 3.63) is 52.5 Å². The molecule has 3 rings (SSSR count). The minimum Gasteiger partial charge on any atom is -0.301 e. The second-order valence-electron chi connectivity index (χ2n) is 5.80. The molecule has 0 fully saturated rings. The molecule has 1 N–H and O–H groups in total. The van der Waals surface area contributed by atoms with Gasteiger partial charge in [-0.05, 0) is 26.0 Å². The van der Waals surface area contributed by atoms with Crippen LogP contribution in [-0.2, 0) is 4.79 Å². The molecule has 0 aliphatic carbocycles. The smallest absolute Gasteiger partial charge is 0.227 e. The fourth-order valence-corrected chi connectivity index (χ4v) is 3.81. The second-order valence-corrected chi connectivity index (χ2v) is 8.07. The Kier molecular flexibility index (Phi) is 6.16. The van der Waals surface area contributed by atoms with Crippen LogP contribution in [-0.4, -0.2) is 26.8 Å². The van der Waals surface area contributed by atoms with Crippen LogP contribution in [0.1, 0.15) is 22.6 Å². The summed E-state index contributed by atoms with van der Waals surface area (Å²) in [6.07, 6.45) is 0.296. The Morgan fingerprint density at radius 1 is 1.19 bits per heavy atom. The molecule has 0 aliphatic heterocycles. The number of nitrogens with one attached hydrogen (secondary N) is 1. The van der Waals surface area contributed by atoms with Gasteiger partial charge in [0, 0.05) is 17.7 Å². The average Bonchev–Trinajstić information content (AvgIpc) is 3.07. The van der Waals surface area contributed by atoms with Crippen molar-refractivity contribution in [3.8, 4) is 17.3 Å². The highest BCUT2D eigenvalue weighted by Crippen LogP contribution is 2.26. The van der Waals surface area contributed by atoms with E-state index in [0.29, 0.717) is 27.9 Å². The molecule has 2 heterocycles. The van der Waals surface area contributed by atoms with Crippen LogP contribution in [0.15, 0.2) is 41.4 Å². The third-order valence-corrected chi connectivity index (χ3v) is 5.42. The molecule has 6 nitrogen and oxygen atoms in total. The van der Waals surface area contributed by atoms with Crippen LogP contribution < -0.4 is 5.32 Å². The van der Waals surface area contributed by atoms with E-state index in [-0.39, 0.29) is 5.91 Å². The topological polar surface area (TPSA) is 91.6 Å². The predicted octanol–water partition coefficient (Wildman–Crippen LogP) is 4.21. The van der Waals surface area contributed by atoms with Gasteiger partial charge in [0.1, 0.15) is 16.1 Å². The lowest BCUT2D eigenvalue weighted by Crippen LogP contribution is -2.12. The number of nitriles is 1. The van der Waals surface area contributed by atoms with Crippen LogP contribution in [0.5, 0.6) is 0 Å². The summed E-state index contributed by atoms with van der Waals surface area (Å²) in [5.74, 6) is 0.384. The Morgan fingerprint density at radius 3 is 2.63 bits per heavy atom. The van der Waals surface area contributed by atoms with Gasteiger partial charge in [-0.3, -0.25) is 4.79 Å². The fraction of sp³-hybridized carbons (Fsp3) is 0.211. The minimum absolute atomic E-state index is 0.133. The number of benzene rings is 1. The van der Waals surface area contributed by atoms with Crippen molar-refractivity contribution in [2.24, 2.45) is 0 Å². The zero-order valence-corrected chi connectivity index (χ0v) is 16.5. The van der Waals surface area contributed by atoms with Gasteiger partial charge in [-0.25, -0.2) is 4.98 Å². The van der Waals surface area contributed by atoms with E-state index in [4.69, 9.17) is 0 Å². The van der Waals surface area contributed by atoms with Crippen LogP contribution in [0, 0.1) is 25.2 Å². The maximum Gasteiger partial charge on any atom is 0.227 e. The number of rotatable bonds is 6. The molecule has 0 radical (unpaired) electrons. The standard InChI is InChI=1S/C19H17N5OS2/c1-12-3-5-14(6-4-12)16-8-7-15(11-20)18(21-16)26-10-9-17(25)22-19-24-23-13(2)27-19/h3-8H,9-10H2,1-2H3,(H,22,24,25). The van der Waals surface area contributed by atoms with Crippen LogP contribution in [0.25, 0.3) is 11.3 Å². The Hall–Kier alpha value is -2.76. The number of anilines is 1. The van der Waals surface area contributed by atoms with E-state index in [1.165, 1.54) is 28.7 Å². The van der Waals surface area contributed by atoms with Gasteiger partial charge in [-0.15, -0.1) is 22.0 Å². The summed E-state index contributed by atoms with van der Waals surface area (Å²) in [6, 6.07) is 13.9. The van der Waals surface area contributed by atoms with Crippen molar-refractivity contribution in [1.29, 1.82) is 5.26 Å². The van der Waals surface area contributed by atoms with E-state index in [9.17, 15) is 10.1 Å². The van der Waals surface area contributed by atoms with E-state index >= 15 is 0 Å². The fourth-order valence-electron chi connectivity index (χ4n) is 2.29. The summed E-state index contributed by atoms with van der Waals surface area (Å²) in [6.45, 7) is 3.87. The molecular formula is C19H17N5OS2. The number of aromatic nitrogens is 3. The van der Waals surface area contributed by atoms with Gasteiger partial charge >= 0.3 is 0 Å². The summed E-state index contributed by atoms with van der Waals surface area (Å²) in [7, 11) is 0. The van der Waals surface area contributed by atoms with Crippen molar-refractivity contribution in [1.82, 2.24) is 15.2 Å². The first-order valence-electron chi connectivity index (χ1n) is 8.26. The first kappa shape index (κ1) is 19.0. The molecule has 0 atom stereocenters. The van der Waals surface area contributed by atoms with E-state index in [2.05, 4.69) is 26.6 Å². The first-order chi connectivity index (χ1) is 13.0. The first-order valence-corrected chi connectivity index (χ1v) is 10.1. The SMILES string of the molecule is Cc1ccc(-c2ccc(C#N)c(SCCC(=O)Nc3nnc(C)s3)n2)cc1. The number of pyridine rings is 1. The van der Waals surface area contributed by atoms with Gasteiger partial charge in [0.05, 0.1) is 11.3 Å². The molecule has 0 spiro atoms. The number of hydrogen-bond acceptors (Lipinski definition) is 7. The van der Waals surface area contributed by atoms with Crippen LogP contribution in [0.2, 0.25) is 0 Å². The molecule has 27 heavy (non-hydrogen) atoms. The zero-order chi connectivity index (χ0) is 19.2. The highest BCUT2D eigenvalue weighted by molar-refractivity contribution is 7.99. The van der Waals surface area contributed by atoms with Gasteiger partial charge in [-0.1, -0.05) is 41.2 Å². The molecule has 0 aliphatic rings. The molecule has 0 saturated heterocycles. The van der Waals surface area contributed by atoms with Gasteiger partial charge in [0.25, 0.3) is 0 Å². The lowest BCUT2D eigenvalue weighted by molar-refractivity contribution is -0.115. The van der Waals surface area contributed by atoms with Crippen molar-refractivity contribution >= 4 is 34.1 Å². The molecule has 1 aromatic carbocycles. The number of carbonyl (C=O) groups excluding carboxylic acids is 1. The Bertz CT molecular complexity index is 992. The van der Waals surface area contributed by atoms with Crippen molar-refractivity contribution in [2.75, 3.05) is 11.1 Å². The summed E-state index contributed by atoms with van der Waals surface area (Å²) in [4.78, 5) is 16.6. The highest BCUT2D eigenvalue weighted by atomic mass is 32.2. The molecule has 8 heteroatoms. The monoisotopic (exact) mass is 395 g/mol. The normalized spacial score (nSPS) is 10.4. The zero-order valence-electron chi connectivity index (χ0n) is 14.9. The largest absolute Gasteiger partial charge is 0.301 e. The van der Waals surface area contributed by atoms with Crippen molar-refractivity contribution < 1.29 is 4.79 Å². The van der Waals surface area contributed by atoms with Crippen molar-refractivity contribution in [3.63, 3.8) is 0 Å². The average molecular weight is 396 g/mol. The van der Waals surface area contributed by atoms with Crippen molar-refractivity contribution in [2.45, 2.75) is 25.3 Å². The molecular weight excluding hydrogens is 378 g/mol. The number of carbonyl (C=O) groups is 1. The summed E-state index contributed by atoms with van der Waals surface area (Å²) < 4.78 is 0. The number of aryl methyl sites for hydroxylation is 2. The number of thioether (sulfide) groups is 1. The second kappa shape index (κ2) is 8.75. The Morgan fingerprint density at radius 2 is 1.96 bits per heavy atom. The molecule has 0 bridgehead atoms. The minimum atomic E-state index is -0.133. The van der Waals surface area contributed by atoms with E-state index in [0.717, 1.165) is 16.3 Å². The van der Waals surface area contributed by atoms with E-state index in [1.807, 2.05) is 44.2 Å². The number of amides is 1. The molecule has 3 aromatic rings. The summed E-state index contributed by atoms with van der Waals surface area (Å²) in [5.41, 5.74) is 3.50. The van der Waals surface area contributed by atoms with Gasteiger partial charge in [-0.2, -0.15) is 5.26 Å². The van der Waals surface area contributed by atoms with E-state index in [1.54, 1.807) is 6.07 Å². The predicted molar refractivity (Wildman–Crippen MR) is 108 cm³/mol. The van der Waals surface area contributed by atoms with Crippen LogP contribution in [0.4, 0.5) is 5.13 Å². The maximum atomic E-state index is 12.0. The Balaban J connectivity index is 1.64. The third-order valence-electron chi connectivity index (χ3n) is 3.67. The Labute approximate surface area is 165 Å². The van der Waals surface area contributed by atoms with Gasteiger partial charge < -0.3 is 5.32 Å². The maximum absolute atomic E-state index is 12.0. The number of nitrogens with zero attached hydrogens (tertiary/aromatic N) is 4. The lowest BCUT2D eigenvalue weighted by atomic mass is 10.1. The number of hydrogen-bond donors (Lipinski definition) is 1. The van der Waals surface area contributed by atoms with E-state index < -0.39 is 0 Å². The molecule has 1 amide bonds.